The van der Waals surface area contributed by atoms with E-state index in [1.54, 1.807) is 24.3 Å². The smallest absolute Gasteiger partial charge is 0.452 e. The van der Waals surface area contributed by atoms with Gasteiger partial charge in [-0.05, 0) is 43.3 Å². The number of anilines is 1. The maximum absolute atomic E-state index is 12.6. The van der Waals surface area contributed by atoms with E-state index in [4.69, 9.17) is 4.74 Å². The van der Waals surface area contributed by atoms with Crippen LogP contribution in [0.1, 0.15) is 12.7 Å². The van der Waals surface area contributed by atoms with Crippen LogP contribution in [0.4, 0.5) is 18.9 Å². The molecule has 0 amide bonds. The van der Waals surface area contributed by atoms with Gasteiger partial charge in [0.15, 0.2) is 0 Å². The van der Waals surface area contributed by atoms with Gasteiger partial charge >= 0.3 is 6.18 Å². The average Bonchev–Trinajstić information content (AvgIpc) is 3.25. The molecule has 0 atom stereocenters. The van der Waals surface area contributed by atoms with Crippen LogP contribution >= 0.6 is 11.3 Å². The predicted octanol–water partition coefficient (Wildman–Crippen LogP) is 4.62. The first-order valence-electron chi connectivity index (χ1n) is 7.59. The molecule has 3 rings (SSSR count). The fourth-order valence-electron chi connectivity index (χ4n) is 2.12. The van der Waals surface area contributed by atoms with Crippen molar-refractivity contribution >= 4 is 27.0 Å². The van der Waals surface area contributed by atoms with Crippen LogP contribution in [0.25, 0.3) is 10.6 Å². The van der Waals surface area contributed by atoms with Gasteiger partial charge in [0.2, 0.25) is 5.76 Å². The van der Waals surface area contributed by atoms with Gasteiger partial charge in [-0.1, -0.05) is 5.16 Å². The lowest BCUT2D eigenvalue weighted by atomic mass is 10.3. The van der Waals surface area contributed by atoms with Crippen molar-refractivity contribution in [3.8, 4) is 16.3 Å². The Labute approximate surface area is 156 Å². The first-order chi connectivity index (χ1) is 12.7. The highest BCUT2D eigenvalue weighted by Crippen LogP contribution is 2.35. The maximum atomic E-state index is 12.6. The number of alkyl halides is 3. The van der Waals surface area contributed by atoms with E-state index in [0.717, 1.165) is 17.4 Å². The summed E-state index contributed by atoms with van der Waals surface area (Å²) >= 11 is 0.782. The van der Waals surface area contributed by atoms with Crippen molar-refractivity contribution in [2.24, 2.45) is 0 Å². The largest absolute Gasteiger partial charge is 0.494 e. The van der Waals surface area contributed by atoms with Crippen molar-refractivity contribution in [2.75, 3.05) is 11.3 Å². The molecule has 6 nitrogen and oxygen atoms in total. The molecule has 0 fully saturated rings. The van der Waals surface area contributed by atoms with Gasteiger partial charge in [0.1, 0.15) is 15.7 Å². The molecular weight excluding hydrogens is 405 g/mol. The third-order valence-electron chi connectivity index (χ3n) is 3.31. The Hall–Kier alpha value is -2.53. The van der Waals surface area contributed by atoms with E-state index in [1.807, 2.05) is 6.92 Å². The third kappa shape index (κ3) is 4.42. The van der Waals surface area contributed by atoms with Crippen molar-refractivity contribution < 1.29 is 30.8 Å². The number of nitrogens with zero attached hydrogens (tertiary/aromatic N) is 1. The van der Waals surface area contributed by atoms with Gasteiger partial charge in [-0.25, -0.2) is 8.42 Å². The van der Waals surface area contributed by atoms with E-state index < -0.39 is 22.0 Å². The van der Waals surface area contributed by atoms with Gasteiger partial charge in [-0.3, -0.25) is 4.72 Å². The summed E-state index contributed by atoms with van der Waals surface area (Å²) in [5, 5.41) is 3.35. The van der Waals surface area contributed by atoms with Crippen LogP contribution in [-0.4, -0.2) is 20.2 Å². The van der Waals surface area contributed by atoms with E-state index in [0.29, 0.717) is 18.0 Å². The van der Waals surface area contributed by atoms with E-state index in [2.05, 4.69) is 14.4 Å². The molecule has 2 heterocycles. The lowest BCUT2D eigenvalue weighted by Crippen LogP contribution is -2.11. The van der Waals surface area contributed by atoms with Crippen molar-refractivity contribution in [2.45, 2.75) is 17.3 Å². The number of thiophene rings is 1. The molecular formula is C16H13F3N2O4S2. The summed E-state index contributed by atoms with van der Waals surface area (Å²) in [4.78, 5) is 0.237. The summed E-state index contributed by atoms with van der Waals surface area (Å²) in [6.45, 7) is 2.32. The van der Waals surface area contributed by atoms with Crippen molar-refractivity contribution in [3.63, 3.8) is 0 Å². The number of halogens is 3. The molecule has 3 aromatic rings. The average molecular weight is 418 g/mol. The minimum absolute atomic E-state index is 0.0667. The van der Waals surface area contributed by atoms with Crippen molar-refractivity contribution in [3.05, 3.63) is 48.2 Å². The topological polar surface area (TPSA) is 81.4 Å². The number of hydrogen-bond acceptors (Lipinski definition) is 6. The molecule has 0 saturated heterocycles. The predicted molar refractivity (Wildman–Crippen MR) is 93.2 cm³/mol. The van der Waals surface area contributed by atoms with Gasteiger partial charge in [0, 0.05) is 11.8 Å². The van der Waals surface area contributed by atoms with E-state index in [-0.39, 0.29) is 14.8 Å². The number of nitrogens with one attached hydrogen (secondary N) is 1. The zero-order valence-electron chi connectivity index (χ0n) is 13.8. The summed E-state index contributed by atoms with van der Waals surface area (Å²) < 4.78 is 74.6. The van der Waals surface area contributed by atoms with Gasteiger partial charge < -0.3 is 9.26 Å². The maximum Gasteiger partial charge on any atom is 0.452 e. The summed E-state index contributed by atoms with van der Waals surface area (Å²) in [6, 6.07) is 9.72. The molecule has 0 bridgehead atoms. The third-order valence-corrected chi connectivity index (χ3v) is 6.29. The van der Waals surface area contributed by atoms with Crippen LogP contribution in [0.3, 0.4) is 0 Å². The summed E-state index contributed by atoms with van der Waals surface area (Å²) in [5.41, 5.74) is 0.240. The molecule has 2 aromatic heterocycles. The van der Waals surface area contributed by atoms with E-state index >= 15 is 0 Å². The molecule has 144 valence electrons. The van der Waals surface area contributed by atoms with Crippen LogP contribution in [0, 0.1) is 0 Å². The molecule has 27 heavy (non-hydrogen) atoms. The van der Waals surface area contributed by atoms with Gasteiger partial charge in [-0.15, -0.1) is 11.3 Å². The molecule has 0 aliphatic heterocycles. The van der Waals surface area contributed by atoms with Gasteiger partial charge in [0.05, 0.1) is 11.5 Å². The normalized spacial score (nSPS) is 12.1. The lowest BCUT2D eigenvalue weighted by molar-refractivity contribution is -0.155. The molecule has 11 heteroatoms. The van der Waals surface area contributed by atoms with Crippen LogP contribution in [0.5, 0.6) is 5.75 Å². The molecule has 0 unspecified atom stereocenters. The Morgan fingerprint density at radius 1 is 1.19 bits per heavy atom. The van der Waals surface area contributed by atoms with Crippen molar-refractivity contribution in [1.29, 1.82) is 0 Å². The Bertz CT molecular complexity index is 1020. The number of rotatable bonds is 6. The second-order valence-corrected chi connectivity index (χ2v) is 8.25. The molecule has 0 aliphatic carbocycles. The SMILES string of the molecule is CCOc1ccc(NS(=O)(=O)c2ccc(-c3cc(C(F)(F)F)on3)s2)cc1. The minimum Gasteiger partial charge on any atom is -0.494 e. The summed E-state index contributed by atoms with van der Waals surface area (Å²) in [6.07, 6.45) is -4.66. The zero-order valence-corrected chi connectivity index (χ0v) is 15.4. The monoisotopic (exact) mass is 418 g/mol. The fourth-order valence-corrected chi connectivity index (χ4v) is 4.44. The zero-order chi connectivity index (χ0) is 19.7. The Balaban J connectivity index is 1.79. The van der Waals surface area contributed by atoms with Crippen LogP contribution < -0.4 is 9.46 Å². The number of hydrogen-bond donors (Lipinski definition) is 1. The quantitative estimate of drug-likeness (QED) is 0.632. The number of sulfonamides is 1. The molecule has 0 radical (unpaired) electrons. The first kappa shape index (κ1) is 19.2. The lowest BCUT2D eigenvalue weighted by Gasteiger charge is -2.07. The van der Waals surface area contributed by atoms with E-state index in [1.165, 1.54) is 12.1 Å². The highest BCUT2D eigenvalue weighted by atomic mass is 32.2. The second-order valence-electron chi connectivity index (χ2n) is 5.26. The number of ether oxygens (including phenoxy) is 1. The second kappa shape index (κ2) is 7.24. The highest BCUT2D eigenvalue weighted by molar-refractivity contribution is 7.94. The highest BCUT2D eigenvalue weighted by Gasteiger charge is 2.36. The van der Waals surface area contributed by atoms with Gasteiger partial charge in [0.25, 0.3) is 10.0 Å². The number of aromatic nitrogens is 1. The van der Waals surface area contributed by atoms with Gasteiger partial charge in [-0.2, -0.15) is 13.2 Å². The van der Waals surface area contributed by atoms with Crippen LogP contribution in [-0.2, 0) is 16.2 Å². The van der Waals surface area contributed by atoms with Crippen molar-refractivity contribution in [1.82, 2.24) is 5.16 Å². The standard InChI is InChI=1S/C16H13F3N2O4S2/c1-2-24-11-5-3-10(4-6-11)21-27(22,23)15-8-7-13(26-15)12-9-14(25-20-12)16(17,18)19/h3-9,21H,2H2,1H3. The Morgan fingerprint density at radius 2 is 1.89 bits per heavy atom. The first-order valence-corrected chi connectivity index (χ1v) is 9.89. The minimum atomic E-state index is -4.66. The molecule has 1 N–H and O–H groups in total. The Kier molecular flexibility index (Phi) is 5.16. The summed E-state index contributed by atoms with van der Waals surface area (Å²) in [5.74, 6) is -0.645. The Morgan fingerprint density at radius 3 is 2.48 bits per heavy atom. The number of benzene rings is 1. The molecule has 0 saturated carbocycles. The summed E-state index contributed by atoms with van der Waals surface area (Å²) in [7, 11) is -3.90. The van der Waals surface area contributed by atoms with Crippen LogP contribution in [0.2, 0.25) is 0 Å². The molecule has 1 aromatic carbocycles. The van der Waals surface area contributed by atoms with E-state index in [9.17, 15) is 21.6 Å². The molecule has 0 aliphatic rings. The fraction of sp³-hybridized carbons (Fsp3) is 0.188. The molecule has 0 spiro atoms. The van der Waals surface area contributed by atoms with Crippen LogP contribution in [0.15, 0.2) is 51.2 Å².